The van der Waals surface area contributed by atoms with E-state index in [-0.39, 0.29) is 5.97 Å². The monoisotopic (exact) mass is 315 g/mol. The Morgan fingerprint density at radius 3 is 2.74 bits per heavy atom. The summed E-state index contributed by atoms with van der Waals surface area (Å²) in [5.74, 6) is -0.178. The minimum atomic E-state index is -0.178. The molecule has 0 aliphatic heterocycles. The van der Waals surface area contributed by atoms with Gasteiger partial charge in [-0.3, -0.25) is 9.78 Å². The zero-order chi connectivity index (χ0) is 16.6. The molecule has 126 valence electrons. The molecule has 0 aliphatic carbocycles. The fourth-order valence-corrected chi connectivity index (χ4v) is 2.19. The highest BCUT2D eigenvalue weighted by molar-refractivity contribution is 5.69. The highest BCUT2D eigenvalue weighted by Gasteiger charge is 2.01. The average molecular weight is 315 g/mol. The van der Waals surface area contributed by atoms with Crippen molar-refractivity contribution >= 4 is 5.97 Å². The first kappa shape index (κ1) is 19.2. The van der Waals surface area contributed by atoms with E-state index < -0.39 is 0 Å². The Labute approximate surface area is 140 Å². The summed E-state index contributed by atoms with van der Waals surface area (Å²) in [5.41, 5.74) is 4.06. The topological polar surface area (TPSA) is 39.2 Å². The minimum Gasteiger partial charge on any atom is -0.461 e. The Kier molecular flexibility index (Phi) is 11.5. The van der Waals surface area contributed by atoms with E-state index in [9.17, 15) is 4.79 Å². The van der Waals surface area contributed by atoms with Gasteiger partial charge in [0.15, 0.2) is 0 Å². The first-order valence-corrected chi connectivity index (χ1v) is 8.77. The van der Waals surface area contributed by atoms with Crippen molar-refractivity contribution in [1.82, 2.24) is 4.98 Å². The average Bonchev–Trinajstić information content (AvgIpc) is 2.59. The van der Waals surface area contributed by atoms with E-state index in [0.29, 0.717) is 19.4 Å². The summed E-state index contributed by atoms with van der Waals surface area (Å²) in [7, 11) is 0. The normalized spacial score (nSPS) is 9.96. The van der Waals surface area contributed by atoms with Gasteiger partial charge >= 0.3 is 5.97 Å². The number of allylic oxidation sites excluding steroid dienone is 1. The maximum absolute atomic E-state index is 11.6. The molecule has 0 aliphatic rings. The van der Waals surface area contributed by atoms with Gasteiger partial charge in [0.05, 0.1) is 0 Å². The quantitative estimate of drug-likeness (QED) is 0.296. The molecule has 1 heterocycles. The standard InChI is InChI=1S/C20H29NO2/c1-2-3-4-5-6-7-8-9-10-11-12-15-20(22)23-18-19-14-13-16-21-17-19/h9,11,13-14,16-17H,2-8,12,15,18H2,1H3. The van der Waals surface area contributed by atoms with Crippen molar-refractivity contribution in [2.45, 2.75) is 71.3 Å². The van der Waals surface area contributed by atoms with Gasteiger partial charge in [0.1, 0.15) is 6.61 Å². The predicted octanol–water partition coefficient (Wildman–Crippen LogP) is 5.37. The van der Waals surface area contributed by atoms with E-state index in [1.807, 2.05) is 18.2 Å². The number of unbranched alkanes of at least 4 members (excludes halogenated alkanes) is 6. The van der Waals surface area contributed by atoms with Gasteiger partial charge in [-0.25, -0.2) is 0 Å². The second-order valence-corrected chi connectivity index (χ2v) is 5.69. The second kappa shape index (κ2) is 13.8. The summed E-state index contributed by atoms with van der Waals surface area (Å²) >= 11 is 0. The van der Waals surface area contributed by atoms with Crippen molar-refractivity contribution < 1.29 is 9.53 Å². The van der Waals surface area contributed by atoms with E-state index in [0.717, 1.165) is 12.0 Å². The minimum absolute atomic E-state index is 0.178. The third-order valence-electron chi connectivity index (χ3n) is 3.55. The van der Waals surface area contributed by atoms with Gasteiger partial charge < -0.3 is 4.74 Å². The predicted molar refractivity (Wildman–Crippen MR) is 93.9 cm³/mol. The number of hydrogen-bond donors (Lipinski definition) is 0. The van der Waals surface area contributed by atoms with Gasteiger partial charge in [0.2, 0.25) is 0 Å². The van der Waals surface area contributed by atoms with Crippen LogP contribution in [0.25, 0.3) is 0 Å². The molecule has 0 unspecified atom stereocenters. The molecule has 1 aromatic heterocycles. The zero-order valence-corrected chi connectivity index (χ0v) is 14.3. The molecule has 0 bridgehead atoms. The lowest BCUT2D eigenvalue weighted by Crippen LogP contribution is -2.03. The van der Waals surface area contributed by atoms with Gasteiger partial charge in [-0.2, -0.15) is 0 Å². The number of rotatable bonds is 12. The van der Waals surface area contributed by atoms with E-state index in [4.69, 9.17) is 4.74 Å². The first-order chi connectivity index (χ1) is 11.3. The van der Waals surface area contributed by atoms with E-state index in [1.165, 1.54) is 38.5 Å². The van der Waals surface area contributed by atoms with Gasteiger partial charge in [-0.15, -0.1) is 5.73 Å². The number of aromatic nitrogens is 1. The van der Waals surface area contributed by atoms with Crippen LogP contribution in [0.3, 0.4) is 0 Å². The largest absolute Gasteiger partial charge is 0.461 e. The smallest absolute Gasteiger partial charge is 0.306 e. The lowest BCUT2D eigenvalue weighted by Gasteiger charge is -2.02. The molecule has 23 heavy (non-hydrogen) atoms. The molecule has 0 saturated heterocycles. The summed E-state index contributed by atoms with van der Waals surface area (Å²) in [6.45, 7) is 2.53. The molecular formula is C20H29NO2. The fraction of sp³-hybridized carbons (Fsp3) is 0.550. The van der Waals surface area contributed by atoms with Crippen LogP contribution in [0.1, 0.15) is 70.3 Å². The molecule has 0 aromatic carbocycles. The number of esters is 1. The van der Waals surface area contributed by atoms with Crippen LogP contribution in [-0.4, -0.2) is 11.0 Å². The van der Waals surface area contributed by atoms with Crippen LogP contribution in [0.2, 0.25) is 0 Å². The Morgan fingerprint density at radius 2 is 1.96 bits per heavy atom. The van der Waals surface area contributed by atoms with Crippen molar-refractivity contribution in [2.24, 2.45) is 0 Å². The van der Waals surface area contributed by atoms with Crippen molar-refractivity contribution in [1.29, 1.82) is 0 Å². The number of carbonyl (C=O) groups is 1. The van der Waals surface area contributed by atoms with Crippen molar-refractivity contribution in [3.05, 3.63) is 48.0 Å². The van der Waals surface area contributed by atoms with Crippen LogP contribution < -0.4 is 0 Å². The number of ether oxygens (including phenoxy) is 1. The molecule has 0 atom stereocenters. The maximum Gasteiger partial charge on any atom is 0.306 e. The van der Waals surface area contributed by atoms with Crippen LogP contribution in [0.5, 0.6) is 0 Å². The molecular weight excluding hydrogens is 286 g/mol. The van der Waals surface area contributed by atoms with E-state index in [1.54, 1.807) is 12.4 Å². The van der Waals surface area contributed by atoms with Gasteiger partial charge in [0.25, 0.3) is 0 Å². The highest BCUT2D eigenvalue weighted by atomic mass is 16.5. The first-order valence-electron chi connectivity index (χ1n) is 8.77. The molecule has 0 radical (unpaired) electrons. The Morgan fingerprint density at radius 1 is 1.17 bits per heavy atom. The Balaban J connectivity index is 2.00. The van der Waals surface area contributed by atoms with Crippen LogP contribution in [-0.2, 0) is 16.1 Å². The molecule has 0 saturated carbocycles. The fourth-order valence-electron chi connectivity index (χ4n) is 2.19. The van der Waals surface area contributed by atoms with E-state index >= 15 is 0 Å². The summed E-state index contributed by atoms with van der Waals surface area (Å²) in [5, 5.41) is 0. The van der Waals surface area contributed by atoms with Crippen molar-refractivity contribution in [3.8, 4) is 0 Å². The highest BCUT2D eigenvalue weighted by Crippen LogP contribution is 2.07. The third kappa shape index (κ3) is 11.4. The summed E-state index contributed by atoms with van der Waals surface area (Å²) in [4.78, 5) is 15.6. The SMILES string of the molecule is CCCCCCCCC=C=CCCC(=O)OCc1cccnc1. The zero-order valence-electron chi connectivity index (χ0n) is 14.3. The molecule has 3 nitrogen and oxygen atoms in total. The van der Waals surface area contributed by atoms with E-state index in [2.05, 4.69) is 23.7 Å². The lowest BCUT2D eigenvalue weighted by atomic mass is 10.1. The van der Waals surface area contributed by atoms with Crippen molar-refractivity contribution in [3.63, 3.8) is 0 Å². The lowest BCUT2D eigenvalue weighted by molar-refractivity contribution is -0.144. The molecule has 1 aromatic rings. The summed E-state index contributed by atoms with van der Waals surface area (Å²) in [6.07, 6.45) is 17.4. The molecule has 0 fully saturated rings. The number of carbonyl (C=O) groups excluding carboxylic acids is 1. The maximum atomic E-state index is 11.6. The van der Waals surface area contributed by atoms with Gasteiger partial charge in [-0.1, -0.05) is 45.1 Å². The number of nitrogens with zero attached hydrogens (tertiary/aromatic N) is 1. The van der Waals surface area contributed by atoms with Crippen LogP contribution in [0.4, 0.5) is 0 Å². The van der Waals surface area contributed by atoms with Gasteiger partial charge in [-0.05, 0) is 37.5 Å². The van der Waals surface area contributed by atoms with Crippen molar-refractivity contribution in [2.75, 3.05) is 0 Å². The number of hydrogen-bond acceptors (Lipinski definition) is 3. The Hall–Kier alpha value is -1.86. The second-order valence-electron chi connectivity index (χ2n) is 5.69. The molecule has 0 amide bonds. The molecule has 0 N–H and O–H groups in total. The third-order valence-corrected chi connectivity index (χ3v) is 3.55. The molecule has 0 spiro atoms. The van der Waals surface area contributed by atoms with Crippen LogP contribution in [0, 0.1) is 0 Å². The van der Waals surface area contributed by atoms with Crippen LogP contribution in [0.15, 0.2) is 42.4 Å². The van der Waals surface area contributed by atoms with Crippen LogP contribution >= 0.6 is 0 Å². The Bertz CT molecular complexity index is 476. The van der Waals surface area contributed by atoms with Gasteiger partial charge in [0, 0.05) is 24.4 Å². The summed E-state index contributed by atoms with van der Waals surface area (Å²) in [6, 6.07) is 3.73. The molecule has 3 heteroatoms. The summed E-state index contributed by atoms with van der Waals surface area (Å²) < 4.78 is 5.18. The molecule has 1 rings (SSSR count). The number of pyridine rings is 1.